The lowest BCUT2D eigenvalue weighted by molar-refractivity contribution is -0.695. The third-order valence-electron chi connectivity index (χ3n) is 5.71. The molecule has 2 aromatic carbocycles. The topological polar surface area (TPSA) is 98.6 Å². The van der Waals surface area contributed by atoms with Gasteiger partial charge in [0.2, 0.25) is 12.1 Å². The third kappa shape index (κ3) is 4.45. The number of aryl methyl sites for hydroxylation is 1. The molecule has 1 aromatic heterocycles. The minimum Gasteiger partial charge on any atom is -0.872 e. The molecule has 0 bridgehead atoms. The highest BCUT2D eigenvalue weighted by Gasteiger charge is 2.43. The zero-order valence-electron chi connectivity index (χ0n) is 18.5. The number of nitrogens with zero attached hydrogens (tertiary/aromatic N) is 2. The van der Waals surface area contributed by atoms with Crippen LogP contribution in [0.3, 0.4) is 0 Å². The number of amides is 1. The number of H-pyrrole nitrogens is 1. The fourth-order valence-electron chi connectivity index (χ4n) is 4.04. The Morgan fingerprint density at radius 1 is 1.09 bits per heavy atom. The quantitative estimate of drug-likeness (QED) is 0.245. The van der Waals surface area contributed by atoms with Crippen molar-refractivity contribution in [2.24, 2.45) is 0 Å². The van der Waals surface area contributed by atoms with Crippen LogP contribution in [-0.4, -0.2) is 42.3 Å². The van der Waals surface area contributed by atoms with Crippen LogP contribution in [-0.2, 0) is 16.1 Å². The van der Waals surface area contributed by atoms with Gasteiger partial charge in [0.05, 0.1) is 26.8 Å². The van der Waals surface area contributed by atoms with Gasteiger partial charge in [-0.15, -0.1) is 0 Å². The van der Waals surface area contributed by atoms with Crippen LogP contribution in [0.1, 0.15) is 23.6 Å². The van der Waals surface area contributed by atoms with Crippen LogP contribution in [0, 0.1) is 0 Å². The van der Waals surface area contributed by atoms with Gasteiger partial charge in [0.15, 0.2) is 0 Å². The molecule has 1 unspecified atom stereocenters. The fraction of sp³-hybridized carbons (Fsp3) is 0.240. The highest BCUT2D eigenvalue weighted by atomic mass is 16.5. The van der Waals surface area contributed by atoms with Gasteiger partial charge < -0.3 is 19.5 Å². The Morgan fingerprint density at radius 3 is 2.52 bits per heavy atom. The molecule has 8 heteroatoms. The molecule has 1 aliphatic rings. The zero-order chi connectivity index (χ0) is 23.4. The van der Waals surface area contributed by atoms with E-state index in [-0.39, 0.29) is 5.57 Å². The van der Waals surface area contributed by atoms with Crippen molar-refractivity contribution in [2.75, 3.05) is 20.8 Å². The number of hydrogen-bond acceptors (Lipinski definition) is 5. The monoisotopic (exact) mass is 447 g/mol. The van der Waals surface area contributed by atoms with Crippen molar-refractivity contribution in [3.05, 3.63) is 84.0 Å². The molecule has 1 aliphatic heterocycles. The number of likely N-dealkylation sites (tertiary alicyclic amines) is 1. The summed E-state index contributed by atoms with van der Waals surface area (Å²) in [5.74, 6) is -0.764. The molecule has 2 heterocycles. The lowest BCUT2D eigenvalue weighted by Crippen LogP contribution is -2.36. The number of benzene rings is 2. The summed E-state index contributed by atoms with van der Waals surface area (Å²) < 4.78 is 12.4. The van der Waals surface area contributed by atoms with E-state index in [4.69, 9.17) is 9.47 Å². The van der Waals surface area contributed by atoms with E-state index in [1.807, 2.05) is 23.3 Å². The maximum atomic E-state index is 13.5. The van der Waals surface area contributed by atoms with E-state index in [9.17, 15) is 14.7 Å². The van der Waals surface area contributed by atoms with Gasteiger partial charge in [-0.05, 0) is 35.4 Å². The molecule has 0 radical (unpaired) electrons. The molecule has 1 N–H and O–H groups in total. The number of ether oxygens (including phenoxy) is 2. The van der Waals surface area contributed by atoms with Gasteiger partial charge in [-0.1, -0.05) is 30.0 Å². The van der Waals surface area contributed by atoms with Gasteiger partial charge in [-0.3, -0.25) is 14.6 Å². The first kappa shape index (κ1) is 22.1. The lowest BCUT2D eigenvalue weighted by Gasteiger charge is -2.27. The number of ketones is 1. The maximum absolute atomic E-state index is 13.5. The third-order valence-corrected chi connectivity index (χ3v) is 5.71. The molecular weight excluding hydrogens is 422 g/mol. The van der Waals surface area contributed by atoms with Gasteiger partial charge in [0.1, 0.15) is 23.9 Å². The molecule has 4 rings (SSSR count). The van der Waals surface area contributed by atoms with Gasteiger partial charge >= 0.3 is 0 Å². The summed E-state index contributed by atoms with van der Waals surface area (Å²) in [5, 5.41) is 13.5. The summed E-state index contributed by atoms with van der Waals surface area (Å²) in [6.45, 7) is 0.990. The first-order chi connectivity index (χ1) is 16.0. The van der Waals surface area contributed by atoms with Crippen LogP contribution < -0.4 is 19.1 Å². The predicted molar refractivity (Wildman–Crippen MR) is 118 cm³/mol. The van der Waals surface area contributed by atoms with Crippen LogP contribution in [0.5, 0.6) is 11.5 Å². The Balaban J connectivity index is 1.74. The number of carbonyl (C=O) groups excluding carboxylic acids is 2. The van der Waals surface area contributed by atoms with E-state index in [1.165, 1.54) is 12.0 Å². The number of imidazole rings is 1. The van der Waals surface area contributed by atoms with E-state index in [0.29, 0.717) is 42.1 Å². The number of Topliss-reactive ketones (excluding diaryl/α,β-unsaturated/α-hetero) is 1. The van der Waals surface area contributed by atoms with Gasteiger partial charge in [-0.2, -0.15) is 0 Å². The maximum Gasteiger partial charge on any atom is 0.295 e. The second-order valence-corrected chi connectivity index (χ2v) is 7.68. The summed E-state index contributed by atoms with van der Waals surface area (Å²) >= 11 is 0. The van der Waals surface area contributed by atoms with Crippen molar-refractivity contribution >= 4 is 17.4 Å². The van der Waals surface area contributed by atoms with Gasteiger partial charge in [-0.25, -0.2) is 4.57 Å². The predicted octanol–water partition coefficient (Wildman–Crippen LogP) is 1.63. The Morgan fingerprint density at radius 2 is 1.85 bits per heavy atom. The summed E-state index contributed by atoms with van der Waals surface area (Å²) in [6, 6.07) is 12.9. The molecular formula is C25H25N3O5. The van der Waals surface area contributed by atoms with Crippen molar-refractivity contribution < 1.29 is 28.7 Å². The van der Waals surface area contributed by atoms with E-state index in [1.54, 1.807) is 55.6 Å². The van der Waals surface area contributed by atoms with E-state index in [2.05, 4.69) is 4.98 Å². The summed E-state index contributed by atoms with van der Waals surface area (Å²) in [5.41, 5.74) is 0.928. The molecule has 1 atom stereocenters. The number of rotatable bonds is 8. The molecule has 8 nitrogen and oxygen atoms in total. The summed E-state index contributed by atoms with van der Waals surface area (Å²) in [7, 11) is 3.07. The van der Waals surface area contributed by atoms with E-state index in [0.717, 1.165) is 0 Å². The SMILES string of the molecule is COc1ccc(C2C(=C([O-])c3cccc(OC)c3)C(=O)C(=O)N2CCC[n+]2cc[nH]c2)cc1. The van der Waals surface area contributed by atoms with Crippen LogP contribution in [0.4, 0.5) is 0 Å². The summed E-state index contributed by atoms with van der Waals surface area (Å²) in [6.07, 6.45) is 6.14. The largest absolute Gasteiger partial charge is 0.872 e. The van der Waals surface area contributed by atoms with Crippen LogP contribution in [0.25, 0.3) is 5.76 Å². The molecule has 1 saturated heterocycles. The molecule has 1 amide bonds. The molecule has 0 aliphatic carbocycles. The van der Waals surface area contributed by atoms with Crippen molar-refractivity contribution in [1.82, 2.24) is 9.88 Å². The smallest absolute Gasteiger partial charge is 0.295 e. The summed E-state index contributed by atoms with van der Waals surface area (Å²) in [4.78, 5) is 30.6. The Hall–Kier alpha value is -4.07. The first-order valence-electron chi connectivity index (χ1n) is 10.6. The number of hydrogen-bond donors (Lipinski definition) is 1. The van der Waals surface area contributed by atoms with E-state index < -0.39 is 23.5 Å². The number of aromatic amines is 1. The number of methoxy groups -OCH3 is 2. The molecule has 0 saturated carbocycles. The molecule has 3 aromatic rings. The molecule has 33 heavy (non-hydrogen) atoms. The van der Waals surface area contributed by atoms with Crippen molar-refractivity contribution in [1.29, 1.82) is 0 Å². The highest BCUT2D eigenvalue weighted by Crippen LogP contribution is 2.39. The van der Waals surface area contributed by atoms with Crippen molar-refractivity contribution in [2.45, 2.75) is 19.0 Å². The molecule has 170 valence electrons. The average molecular weight is 447 g/mol. The first-order valence-corrected chi connectivity index (χ1v) is 10.6. The Kier molecular flexibility index (Phi) is 6.44. The van der Waals surface area contributed by atoms with Crippen molar-refractivity contribution in [3.8, 4) is 11.5 Å². The van der Waals surface area contributed by atoms with E-state index >= 15 is 0 Å². The van der Waals surface area contributed by atoms with Crippen LogP contribution >= 0.6 is 0 Å². The second-order valence-electron chi connectivity index (χ2n) is 7.68. The number of carbonyl (C=O) groups is 2. The average Bonchev–Trinajstić information content (AvgIpc) is 3.46. The standard InChI is InChI=1S/C25H25N3O5/c1-32-19-9-7-17(8-10-19)22-21(23(29)18-5-3-6-20(15-18)33-2)24(30)25(31)28(22)13-4-12-27-14-11-26-16-27/h3,5-11,14-16,22H,4,12-13H2,1-2H3,(H,29,30). The van der Waals surface area contributed by atoms with Crippen LogP contribution in [0.15, 0.2) is 72.8 Å². The number of aromatic nitrogens is 2. The molecule has 1 fully saturated rings. The zero-order valence-corrected chi connectivity index (χ0v) is 18.5. The normalized spacial score (nSPS) is 17.4. The lowest BCUT2D eigenvalue weighted by atomic mass is 9.95. The second kappa shape index (κ2) is 9.60. The minimum absolute atomic E-state index is 0.0484. The van der Waals surface area contributed by atoms with Crippen molar-refractivity contribution in [3.63, 3.8) is 0 Å². The fourth-order valence-corrected chi connectivity index (χ4v) is 4.04. The van der Waals surface area contributed by atoms with Crippen LogP contribution in [0.2, 0.25) is 0 Å². The number of nitrogens with one attached hydrogen (secondary N) is 1. The van der Waals surface area contributed by atoms with Gasteiger partial charge in [0.25, 0.3) is 5.91 Å². The highest BCUT2D eigenvalue weighted by molar-refractivity contribution is 6.46. The molecule has 0 spiro atoms. The Labute approximate surface area is 191 Å². The minimum atomic E-state index is -0.772. The Bertz CT molecular complexity index is 1170. The van der Waals surface area contributed by atoms with Gasteiger partial charge in [0, 0.05) is 18.5 Å².